The van der Waals surface area contributed by atoms with E-state index in [9.17, 15) is 19.2 Å². The zero-order chi connectivity index (χ0) is 19.6. The molecular formula is C20H22N2O5. The highest BCUT2D eigenvalue weighted by atomic mass is 16.5. The number of carbonyl (C=O) groups excluding carboxylic acids is 4. The van der Waals surface area contributed by atoms with Crippen LogP contribution in [0.2, 0.25) is 0 Å². The molecule has 1 saturated heterocycles. The number of ether oxygens (including phenoxy) is 1. The van der Waals surface area contributed by atoms with Crippen molar-refractivity contribution in [2.24, 2.45) is 11.8 Å². The Labute approximate surface area is 157 Å². The van der Waals surface area contributed by atoms with Gasteiger partial charge < -0.3 is 10.1 Å². The largest absolute Gasteiger partial charge is 0.451 e. The van der Waals surface area contributed by atoms with E-state index >= 15 is 0 Å². The molecule has 0 radical (unpaired) electrons. The summed E-state index contributed by atoms with van der Waals surface area (Å²) in [5, 5.41) is 2.64. The molecule has 0 aromatic heterocycles. The van der Waals surface area contributed by atoms with Crippen LogP contribution in [0.5, 0.6) is 0 Å². The average Bonchev–Trinajstić information content (AvgIpc) is 2.93. The van der Waals surface area contributed by atoms with Crippen LogP contribution in [0.25, 0.3) is 0 Å². The topological polar surface area (TPSA) is 92.8 Å². The highest BCUT2D eigenvalue weighted by Crippen LogP contribution is 2.36. The second-order valence-electron chi connectivity index (χ2n) is 6.81. The Morgan fingerprint density at radius 3 is 2.15 bits per heavy atom. The van der Waals surface area contributed by atoms with Crippen LogP contribution < -0.4 is 5.32 Å². The number of likely N-dealkylation sites (tertiary alicyclic amines) is 1. The SMILES string of the molecule is C[C@H](OC(=O)[C@H](C)N1C(=O)[C@H]2CC=CC[C@@H]2C1=O)C(=O)Nc1ccccc1. The first-order valence-corrected chi connectivity index (χ1v) is 8.98. The maximum absolute atomic E-state index is 12.5. The average molecular weight is 370 g/mol. The van der Waals surface area contributed by atoms with Crippen LogP contribution in [0.4, 0.5) is 5.69 Å². The van der Waals surface area contributed by atoms with Gasteiger partial charge in [0.2, 0.25) is 11.8 Å². The van der Waals surface area contributed by atoms with E-state index in [1.54, 1.807) is 24.3 Å². The Morgan fingerprint density at radius 1 is 1.04 bits per heavy atom. The van der Waals surface area contributed by atoms with Gasteiger partial charge in [-0.3, -0.25) is 19.3 Å². The molecule has 3 rings (SSSR count). The highest BCUT2D eigenvalue weighted by Gasteiger charge is 2.50. The second kappa shape index (κ2) is 7.73. The first kappa shape index (κ1) is 18.8. The molecule has 7 nitrogen and oxygen atoms in total. The van der Waals surface area contributed by atoms with Crippen LogP contribution in [0.3, 0.4) is 0 Å². The zero-order valence-corrected chi connectivity index (χ0v) is 15.3. The van der Waals surface area contributed by atoms with Crippen molar-refractivity contribution in [3.8, 4) is 0 Å². The number of benzene rings is 1. The Hall–Kier alpha value is -2.96. The molecule has 0 spiro atoms. The molecule has 142 valence electrons. The van der Waals surface area contributed by atoms with Gasteiger partial charge >= 0.3 is 5.97 Å². The van der Waals surface area contributed by atoms with Crippen molar-refractivity contribution >= 4 is 29.4 Å². The molecule has 1 N–H and O–H groups in total. The molecule has 1 aliphatic heterocycles. The second-order valence-corrected chi connectivity index (χ2v) is 6.81. The number of nitrogens with one attached hydrogen (secondary N) is 1. The number of esters is 1. The maximum atomic E-state index is 12.5. The summed E-state index contributed by atoms with van der Waals surface area (Å²) in [5.74, 6) is -2.77. The number of allylic oxidation sites excluding steroid dienone is 2. The Morgan fingerprint density at radius 2 is 1.59 bits per heavy atom. The van der Waals surface area contributed by atoms with E-state index in [0.717, 1.165) is 4.90 Å². The number of fused-ring (bicyclic) bond motifs is 1. The quantitative estimate of drug-likeness (QED) is 0.485. The Balaban J connectivity index is 1.61. The predicted molar refractivity (Wildman–Crippen MR) is 97.3 cm³/mol. The van der Waals surface area contributed by atoms with E-state index in [4.69, 9.17) is 4.74 Å². The van der Waals surface area contributed by atoms with Gasteiger partial charge in [0.1, 0.15) is 6.04 Å². The normalized spacial score (nSPS) is 23.6. The van der Waals surface area contributed by atoms with Crippen molar-refractivity contribution in [2.45, 2.75) is 38.8 Å². The molecule has 1 aromatic rings. The highest BCUT2D eigenvalue weighted by molar-refractivity contribution is 6.08. The summed E-state index contributed by atoms with van der Waals surface area (Å²) in [5.41, 5.74) is 0.583. The summed E-state index contributed by atoms with van der Waals surface area (Å²) in [6.45, 7) is 2.89. The molecule has 1 fully saturated rings. The lowest BCUT2D eigenvalue weighted by molar-refractivity contribution is -0.163. The molecule has 3 amide bonds. The molecule has 0 saturated carbocycles. The summed E-state index contributed by atoms with van der Waals surface area (Å²) < 4.78 is 5.20. The molecule has 2 aliphatic rings. The molecule has 0 unspecified atom stereocenters. The molecule has 27 heavy (non-hydrogen) atoms. The molecule has 1 heterocycles. The predicted octanol–water partition coefficient (Wildman–Crippen LogP) is 1.90. The molecule has 7 heteroatoms. The molecule has 0 bridgehead atoms. The lowest BCUT2D eigenvalue weighted by Gasteiger charge is -2.23. The zero-order valence-electron chi connectivity index (χ0n) is 15.3. The fourth-order valence-corrected chi connectivity index (χ4v) is 3.40. The third-order valence-corrected chi connectivity index (χ3v) is 4.97. The first-order chi connectivity index (χ1) is 12.9. The first-order valence-electron chi connectivity index (χ1n) is 8.98. The number of anilines is 1. The summed E-state index contributed by atoms with van der Waals surface area (Å²) in [4.78, 5) is 50.7. The summed E-state index contributed by atoms with van der Waals surface area (Å²) in [6.07, 6.45) is 3.72. The van der Waals surface area contributed by atoms with Gasteiger partial charge in [-0.1, -0.05) is 30.4 Å². The summed E-state index contributed by atoms with van der Waals surface area (Å²) in [6, 6.07) is 7.72. The monoisotopic (exact) mass is 370 g/mol. The Bertz CT molecular complexity index is 763. The standard InChI is InChI=1S/C20H22N2O5/c1-12(22-18(24)15-10-6-7-11-16(15)19(22)25)20(26)27-13(2)17(23)21-14-8-4-3-5-9-14/h3-9,12-13,15-16H,10-11H2,1-2H3,(H,21,23)/t12-,13-,15-,16-/m0/s1. The van der Waals surface area contributed by atoms with E-state index in [-0.39, 0.29) is 11.8 Å². The van der Waals surface area contributed by atoms with Crippen molar-refractivity contribution in [2.75, 3.05) is 5.32 Å². The number of para-hydroxylation sites is 1. The van der Waals surface area contributed by atoms with Crippen LogP contribution in [0.15, 0.2) is 42.5 Å². The van der Waals surface area contributed by atoms with E-state index in [2.05, 4.69) is 5.32 Å². The maximum Gasteiger partial charge on any atom is 0.329 e. The minimum atomic E-state index is -1.07. The number of nitrogens with zero attached hydrogens (tertiary/aromatic N) is 1. The van der Waals surface area contributed by atoms with Crippen LogP contribution >= 0.6 is 0 Å². The van der Waals surface area contributed by atoms with Gasteiger partial charge in [-0.2, -0.15) is 0 Å². The van der Waals surface area contributed by atoms with Crippen molar-refractivity contribution in [1.29, 1.82) is 0 Å². The van der Waals surface area contributed by atoms with E-state index in [0.29, 0.717) is 18.5 Å². The van der Waals surface area contributed by atoms with Crippen molar-refractivity contribution in [1.82, 2.24) is 4.90 Å². The number of amides is 3. The van der Waals surface area contributed by atoms with E-state index in [1.807, 2.05) is 18.2 Å². The number of imide groups is 1. The van der Waals surface area contributed by atoms with Crippen molar-refractivity contribution < 1.29 is 23.9 Å². The minimum Gasteiger partial charge on any atom is -0.451 e. The summed E-state index contributed by atoms with van der Waals surface area (Å²) in [7, 11) is 0. The third kappa shape index (κ3) is 3.77. The number of carbonyl (C=O) groups is 4. The fraction of sp³-hybridized carbons (Fsp3) is 0.400. The van der Waals surface area contributed by atoms with Gasteiger partial charge in [-0.15, -0.1) is 0 Å². The molecule has 1 aliphatic carbocycles. The molecular weight excluding hydrogens is 348 g/mol. The third-order valence-electron chi connectivity index (χ3n) is 4.97. The fourth-order valence-electron chi connectivity index (χ4n) is 3.40. The molecule has 1 aromatic carbocycles. The Kier molecular flexibility index (Phi) is 5.39. The minimum absolute atomic E-state index is 0.347. The van der Waals surface area contributed by atoms with Crippen molar-refractivity contribution in [3.63, 3.8) is 0 Å². The van der Waals surface area contributed by atoms with E-state index in [1.165, 1.54) is 13.8 Å². The molecule has 4 atom stereocenters. The smallest absolute Gasteiger partial charge is 0.329 e. The van der Waals surface area contributed by atoms with Crippen molar-refractivity contribution in [3.05, 3.63) is 42.5 Å². The summed E-state index contributed by atoms with van der Waals surface area (Å²) >= 11 is 0. The number of rotatable bonds is 5. The van der Waals surface area contributed by atoms with Gasteiger partial charge in [0.25, 0.3) is 5.91 Å². The number of hydrogen-bond acceptors (Lipinski definition) is 5. The number of hydrogen-bond donors (Lipinski definition) is 1. The van der Waals surface area contributed by atoms with E-state index < -0.39 is 35.9 Å². The van der Waals surface area contributed by atoms with Crippen LogP contribution in [0.1, 0.15) is 26.7 Å². The van der Waals surface area contributed by atoms with Gasteiger partial charge in [0.15, 0.2) is 6.10 Å². The van der Waals surface area contributed by atoms with Gasteiger partial charge in [0, 0.05) is 5.69 Å². The van der Waals surface area contributed by atoms with Gasteiger partial charge in [-0.25, -0.2) is 4.79 Å². The lowest BCUT2D eigenvalue weighted by atomic mass is 9.85. The van der Waals surface area contributed by atoms with Crippen LogP contribution in [0, 0.1) is 11.8 Å². The van der Waals surface area contributed by atoms with Gasteiger partial charge in [-0.05, 0) is 38.8 Å². The van der Waals surface area contributed by atoms with Crippen LogP contribution in [-0.4, -0.2) is 40.7 Å². The lowest BCUT2D eigenvalue weighted by Crippen LogP contribution is -2.46. The van der Waals surface area contributed by atoms with Gasteiger partial charge in [0.05, 0.1) is 11.8 Å². The van der Waals surface area contributed by atoms with Crippen LogP contribution in [-0.2, 0) is 23.9 Å².